The van der Waals surface area contributed by atoms with Crippen LogP contribution in [0.25, 0.3) is 10.8 Å². The Kier molecular flexibility index (Phi) is 5.08. The van der Waals surface area contributed by atoms with E-state index in [9.17, 15) is 14.0 Å². The molecule has 1 N–H and O–H groups in total. The molecule has 27 heavy (non-hydrogen) atoms. The smallest absolute Gasteiger partial charge is 0.274 e. The van der Waals surface area contributed by atoms with Crippen LogP contribution in [0.15, 0.2) is 53.3 Å². The number of fused-ring (bicyclic) bond motifs is 1. The number of hydrogen-bond donors (Lipinski definition) is 1. The number of benzene rings is 2. The van der Waals surface area contributed by atoms with Gasteiger partial charge < -0.3 is 5.32 Å². The van der Waals surface area contributed by atoms with Crippen LogP contribution >= 0.6 is 0 Å². The van der Waals surface area contributed by atoms with Gasteiger partial charge in [-0.3, -0.25) is 9.59 Å². The van der Waals surface area contributed by atoms with Gasteiger partial charge >= 0.3 is 0 Å². The van der Waals surface area contributed by atoms with Gasteiger partial charge in [0, 0.05) is 24.4 Å². The highest BCUT2D eigenvalue weighted by atomic mass is 19.1. The van der Waals surface area contributed by atoms with E-state index in [-0.39, 0.29) is 30.2 Å². The van der Waals surface area contributed by atoms with Crippen molar-refractivity contribution in [2.75, 3.05) is 6.54 Å². The van der Waals surface area contributed by atoms with Gasteiger partial charge in [-0.2, -0.15) is 5.10 Å². The molecule has 1 heterocycles. The molecule has 2 aromatic carbocycles. The third-order valence-corrected chi connectivity index (χ3v) is 4.69. The Bertz CT molecular complexity index is 1060. The molecular weight excluding hydrogens is 345 g/mol. The summed E-state index contributed by atoms with van der Waals surface area (Å²) in [6, 6.07) is 13.7. The predicted molar refractivity (Wildman–Crippen MR) is 103 cm³/mol. The first-order valence-electron chi connectivity index (χ1n) is 8.76. The zero-order valence-electron chi connectivity index (χ0n) is 15.6. The lowest BCUT2D eigenvalue weighted by molar-refractivity contribution is -0.120. The second-order valence-corrected chi connectivity index (χ2v) is 7.24. The molecule has 0 aliphatic heterocycles. The van der Waals surface area contributed by atoms with Gasteiger partial charge in [0.15, 0.2) is 0 Å². The van der Waals surface area contributed by atoms with Gasteiger partial charge in [-0.1, -0.05) is 50.2 Å². The first-order valence-corrected chi connectivity index (χ1v) is 8.76. The molecule has 0 fully saturated rings. The van der Waals surface area contributed by atoms with Crippen LogP contribution in [-0.4, -0.2) is 22.2 Å². The van der Waals surface area contributed by atoms with E-state index in [2.05, 4.69) is 10.4 Å². The largest absolute Gasteiger partial charge is 0.355 e. The molecule has 1 amide bonds. The summed E-state index contributed by atoms with van der Waals surface area (Å²) >= 11 is 0. The number of amides is 1. The van der Waals surface area contributed by atoms with Crippen molar-refractivity contribution >= 4 is 16.7 Å². The normalized spacial score (nSPS) is 11.6. The maximum atomic E-state index is 14.1. The number of rotatable bonds is 5. The fourth-order valence-electron chi connectivity index (χ4n) is 3.15. The molecule has 140 valence electrons. The first-order chi connectivity index (χ1) is 12.8. The number of hydrogen-bond acceptors (Lipinski definition) is 3. The van der Waals surface area contributed by atoms with Gasteiger partial charge in [-0.25, -0.2) is 9.07 Å². The van der Waals surface area contributed by atoms with Crippen LogP contribution in [0.3, 0.4) is 0 Å². The van der Waals surface area contributed by atoms with Crippen LogP contribution in [0.2, 0.25) is 0 Å². The van der Waals surface area contributed by atoms with Crippen LogP contribution < -0.4 is 10.9 Å². The van der Waals surface area contributed by atoms with E-state index in [0.29, 0.717) is 22.0 Å². The highest BCUT2D eigenvalue weighted by molar-refractivity contribution is 5.88. The summed E-state index contributed by atoms with van der Waals surface area (Å²) in [7, 11) is 1.57. The van der Waals surface area contributed by atoms with Gasteiger partial charge in [0.25, 0.3) is 5.56 Å². The van der Waals surface area contributed by atoms with E-state index in [1.54, 1.807) is 43.4 Å². The van der Waals surface area contributed by atoms with E-state index in [1.807, 2.05) is 19.9 Å². The third kappa shape index (κ3) is 3.89. The van der Waals surface area contributed by atoms with Gasteiger partial charge in [-0.15, -0.1) is 0 Å². The molecule has 0 unspecified atom stereocenters. The van der Waals surface area contributed by atoms with E-state index >= 15 is 0 Å². The summed E-state index contributed by atoms with van der Waals surface area (Å²) in [5, 5.41) is 8.31. The second-order valence-electron chi connectivity index (χ2n) is 7.24. The standard InChI is InChI=1S/C21H22FN3O2/c1-21(2,16-10-6-7-11-17(16)22)13-23-19(26)12-18-14-8-4-5-9-15(14)20(27)25(3)24-18/h4-11H,12-13H2,1-3H3,(H,23,26). The zero-order valence-corrected chi connectivity index (χ0v) is 15.6. The van der Waals surface area contributed by atoms with Gasteiger partial charge in [0.2, 0.25) is 5.91 Å². The number of aryl methyl sites for hydroxylation is 1. The summed E-state index contributed by atoms with van der Waals surface area (Å²) < 4.78 is 15.3. The number of halogens is 1. The topological polar surface area (TPSA) is 64.0 Å². The van der Waals surface area contributed by atoms with E-state index in [1.165, 1.54) is 10.7 Å². The first kappa shape index (κ1) is 18.8. The molecular formula is C21H22FN3O2. The monoisotopic (exact) mass is 367 g/mol. The number of aromatic nitrogens is 2. The maximum Gasteiger partial charge on any atom is 0.274 e. The van der Waals surface area contributed by atoms with Crippen molar-refractivity contribution in [1.82, 2.24) is 15.1 Å². The van der Waals surface area contributed by atoms with Crippen LogP contribution in [0.5, 0.6) is 0 Å². The van der Waals surface area contributed by atoms with Crippen LogP contribution in [0.1, 0.15) is 25.1 Å². The summed E-state index contributed by atoms with van der Waals surface area (Å²) in [6.07, 6.45) is 0.0436. The Morgan fingerprint density at radius 3 is 2.44 bits per heavy atom. The number of carbonyl (C=O) groups is 1. The van der Waals surface area contributed by atoms with Crippen molar-refractivity contribution in [2.45, 2.75) is 25.7 Å². The van der Waals surface area contributed by atoms with E-state index in [0.717, 1.165) is 0 Å². The highest BCUT2D eigenvalue weighted by Crippen LogP contribution is 2.24. The fourth-order valence-corrected chi connectivity index (χ4v) is 3.15. The molecule has 0 atom stereocenters. The minimum Gasteiger partial charge on any atom is -0.355 e. The van der Waals surface area contributed by atoms with Crippen LogP contribution in [0, 0.1) is 5.82 Å². The second kappa shape index (κ2) is 7.31. The van der Waals surface area contributed by atoms with Crippen molar-refractivity contribution in [3.63, 3.8) is 0 Å². The molecule has 0 radical (unpaired) electrons. The van der Waals surface area contributed by atoms with E-state index in [4.69, 9.17) is 0 Å². The van der Waals surface area contributed by atoms with Crippen molar-refractivity contribution < 1.29 is 9.18 Å². The maximum absolute atomic E-state index is 14.1. The Hall–Kier alpha value is -3.02. The molecule has 0 saturated carbocycles. The van der Waals surface area contributed by atoms with Crippen molar-refractivity contribution in [1.29, 1.82) is 0 Å². The molecule has 1 aromatic heterocycles. The van der Waals surface area contributed by atoms with Crippen molar-refractivity contribution in [2.24, 2.45) is 7.05 Å². The zero-order chi connectivity index (χ0) is 19.6. The Morgan fingerprint density at radius 1 is 1.11 bits per heavy atom. The van der Waals surface area contributed by atoms with Crippen LogP contribution in [-0.2, 0) is 23.7 Å². The van der Waals surface area contributed by atoms with Crippen molar-refractivity contribution in [3.05, 3.63) is 76.0 Å². The van der Waals surface area contributed by atoms with E-state index < -0.39 is 5.41 Å². The lowest BCUT2D eigenvalue weighted by Crippen LogP contribution is -2.38. The summed E-state index contributed by atoms with van der Waals surface area (Å²) in [5.41, 5.74) is 0.334. The molecule has 0 spiro atoms. The molecule has 0 saturated heterocycles. The number of nitrogens with zero attached hydrogens (tertiary/aromatic N) is 2. The van der Waals surface area contributed by atoms with Crippen LogP contribution in [0.4, 0.5) is 4.39 Å². The van der Waals surface area contributed by atoms with Gasteiger partial charge in [0.1, 0.15) is 5.82 Å². The molecule has 6 heteroatoms. The lowest BCUT2D eigenvalue weighted by atomic mass is 9.84. The van der Waals surface area contributed by atoms with Gasteiger partial charge in [-0.05, 0) is 17.7 Å². The fraction of sp³-hybridized carbons (Fsp3) is 0.286. The number of nitrogens with one attached hydrogen (secondary N) is 1. The minimum atomic E-state index is -0.556. The Balaban J connectivity index is 1.77. The highest BCUT2D eigenvalue weighted by Gasteiger charge is 2.24. The molecule has 3 rings (SSSR count). The summed E-state index contributed by atoms with van der Waals surface area (Å²) in [4.78, 5) is 24.7. The average Bonchev–Trinajstić information content (AvgIpc) is 2.64. The number of carbonyl (C=O) groups excluding carboxylic acids is 1. The SMILES string of the molecule is Cn1nc(CC(=O)NCC(C)(C)c2ccccc2F)c2ccccc2c1=O. The third-order valence-electron chi connectivity index (χ3n) is 4.69. The summed E-state index contributed by atoms with van der Waals surface area (Å²) in [6.45, 7) is 4.05. The molecule has 5 nitrogen and oxygen atoms in total. The Morgan fingerprint density at radius 2 is 1.74 bits per heavy atom. The predicted octanol–water partition coefficient (Wildman–Crippen LogP) is 2.71. The minimum absolute atomic E-state index is 0.0436. The molecule has 0 bridgehead atoms. The lowest BCUT2D eigenvalue weighted by Gasteiger charge is -2.26. The molecule has 0 aliphatic rings. The summed E-state index contributed by atoms with van der Waals surface area (Å²) in [5.74, 6) is -0.516. The molecule has 0 aliphatic carbocycles. The Labute approximate surface area is 156 Å². The average molecular weight is 367 g/mol. The quantitative estimate of drug-likeness (QED) is 0.754. The van der Waals surface area contributed by atoms with Crippen molar-refractivity contribution in [3.8, 4) is 0 Å². The van der Waals surface area contributed by atoms with Gasteiger partial charge in [0.05, 0.1) is 17.5 Å². The molecule has 3 aromatic rings.